The van der Waals surface area contributed by atoms with Crippen LogP contribution in [0.3, 0.4) is 0 Å². The van der Waals surface area contributed by atoms with E-state index in [2.05, 4.69) is 0 Å². The Morgan fingerprint density at radius 2 is 2.00 bits per heavy atom. The van der Waals surface area contributed by atoms with Gasteiger partial charge in [0, 0.05) is 0 Å². The number of halogens is 2. The van der Waals surface area contributed by atoms with Gasteiger partial charge in [0.15, 0.2) is 0 Å². The van der Waals surface area contributed by atoms with Crippen LogP contribution < -0.4 is 0 Å². The van der Waals surface area contributed by atoms with E-state index in [1.165, 1.54) is 0 Å². The molecule has 0 heterocycles. The molecule has 0 saturated heterocycles. The van der Waals surface area contributed by atoms with Crippen molar-refractivity contribution in [2.45, 2.75) is 18.7 Å². The van der Waals surface area contributed by atoms with Gasteiger partial charge in [-0.3, -0.25) is 0 Å². The molecule has 2 atom stereocenters. The third kappa shape index (κ3) is 3.46. The predicted molar refractivity (Wildman–Crippen MR) is 41.1 cm³/mol. The Kier molecular flexibility index (Phi) is 4.95. The van der Waals surface area contributed by atoms with Crippen molar-refractivity contribution < 1.29 is 4.79 Å². The van der Waals surface area contributed by atoms with Gasteiger partial charge in [-0.15, -0.1) is 0 Å². The molecule has 1 nitrogen and oxygen atoms in total. The van der Waals surface area contributed by atoms with Gasteiger partial charge in [-0.05, 0) is 0 Å². The van der Waals surface area contributed by atoms with Crippen LogP contribution in [0.2, 0.25) is 4.82 Å². The summed E-state index contributed by atoms with van der Waals surface area (Å²) < 4.78 is 0. The average Bonchev–Trinajstić information content (AvgIpc) is 1.84. The van der Waals surface area contributed by atoms with Gasteiger partial charge in [0.25, 0.3) is 0 Å². The summed E-state index contributed by atoms with van der Waals surface area (Å²) in [6.45, 7) is 3.72. The van der Waals surface area contributed by atoms with Gasteiger partial charge in [0.05, 0.1) is 0 Å². The van der Waals surface area contributed by atoms with E-state index in [0.29, 0.717) is 0 Å². The Balaban J connectivity index is 3.72. The first-order chi connectivity index (χ1) is 4.09. The molecule has 0 bridgehead atoms. The molecule has 0 fully saturated rings. The maximum absolute atomic E-state index is 10.5. The normalized spacial score (nSPS) is 16.9. The van der Waals surface area contributed by atoms with Crippen molar-refractivity contribution in [2.24, 2.45) is 5.92 Å². The first-order valence-electron chi connectivity index (χ1n) is 2.56. The van der Waals surface area contributed by atoms with Crippen LogP contribution in [0.4, 0.5) is 0 Å². The predicted octanol–water partition coefficient (Wildman–Crippen LogP) is 2.05. The Morgan fingerprint density at radius 3 is 2.11 bits per heavy atom. The molecule has 4 heteroatoms. The van der Waals surface area contributed by atoms with E-state index in [1.807, 2.05) is 6.92 Å². The molecule has 0 aromatic rings. The topological polar surface area (TPSA) is 17.1 Å². The average molecular weight is 234 g/mol. The number of carbonyl (C=O) groups is 1. The van der Waals surface area contributed by atoms with E-state index in [-0.39, 0.29) is 30.0 Å². The number of rotatable bonds is 3. The summed E-state index contributed by atoms with van der Waals surface area (Å²) in [5, 5.41) is -0.287. The fourth-order valence-corrected chi connectivity index (χ4v) is 2.00. The molecule has 0 aliphatic rings. The molecule has 0 amide bonds. The summed E-state index contributed by atoms with van der Waals surface area (Å²) in [5.41, 5.74) is 0. The Hall–Kier alpha value is 0.769. The molecule has 0 aliphatic heterocycles. The van der Waals surface area contributed by atoms with Crippen LogP contribution in [0.1, 0.15) is 13.8 Å². The van der Waals surface area contributed by atoms with Crippen molar-refractivity contribution in [1.29, 1.82) is 0 Å². The summed E-state index contributed by atoms with van der Waals surface area (Å²) in [5.74, 6) is -0.0934. The Bertz CT molecular complexity index is 107. The Labute approximate surface area is 70.5 Å². The first kappa shape index (κ1) is 9.77. The van der Waals surface area contributed by atoms with Crippen molar-refractivity contribution in [1.82, 2.24) is 0 Å². The molecule has 0 aromatic heterocycles. The van der Waals surface area contributed by atoms with Gasteiger partial charge in [-0.2, -0.15) is 0 Å². The fourth-order valence-electron chi connectivity index (χ4n) is 0.262. The molecule has 0 aliphatic carbocycles. The molecule has 2 unspecified atom stereocenters. The number of hydrogen-bond acceptors (Lipinski definition) is 1. The molecule has 0 N–H and O–H groups in total. The van der Waals surface area contributed by atoms with E-state index in [4.69, 9.17) is 21.7 Å². The van der Waals surface area contributed by atoms with Crippen LogP contribution in [0.15, 0.2) is 0 Å². The van der Waals surface area contributed by atoms with Crippen molar-refractivity contribution in [3.8, 4) is 0 Å². The summed E-state index contributed by atoms with van der Waals surface area (Å²) in [7, 11) is 5.54. The van der Waals surface area contributed by atoms with Gasteiger partial charge in [-0.25, -0.2) is 0 Å². The van der Waals surface area contributed by atoms with Gasteiger partial charge in [0.2, 0.25) is 0 Å². The van der Waals surface area contributed by atoms with E-state index in [0.717, 1.165) is 0 Å². The zero-order valence-corrected chi connectivity index (χ0v) is 8.45. The van der Waals surface area contributed by atoms with Crippen molar-refractivity contribution in [3.63, 3.8) is 0 Å². The first-order valence-corrected chi connectivity index (χ1v) is 6.18. The fraction of sp³-hybridized carbons (Fsp3) is 0.800. The second kappa shape index (κ2) is 4.56. The van der Waals surface area contributed by atoms with Crippen LogP contribution in [0.25, 0.3) is 0 Å². The van der Waals surface area contributed by atoms with Crippen LogP contribution in [-0.2, 0) is 4.79 Å². The monoisotopic (exact) mass is 234 g/mol. The van der Waals surface area contributed by atoms with Crippen molar-refractivity contribution in [3.05, 3.63) is 0 Å². The minimum atomic E-state index is -0.287. The molecule has 9 heavy (non-hydrogen) atoms. The van der Waals surface area contributed by atoms with Gasteiger partial charge < -0.3 is 0 Å². The van der Waals surface area contributed by atoms with Crippen molar-refractivity contribution >= 4 is 41.0 Å². The molecule has 0 rings (SSSR count). The number of carbonyl (C=O) groups excluding carboxylic acids is 1. The summed E-state index contributed by atoms with van der Waals surface area (Å²) in [6.07, 6.45) is 0. The molecule has 0 radical (unpaired) electrons. The molecule has 0 saturated carbocycles. The van der Waals surface area contributed by atoms with Gasteiger partial charge in [-0.1, -0.05) is 0 Å². The zero-order valence-electron chi connectivity index (χ0n) is 5.23. The zero-order chi connectivity index (χ0) is 7.44. The van der Waals surface area contributed by atoms with E-state index >= 15 is 0 Å². The second-order valence-corrected chi connectivity index (χ2v) is 5.12. The maximum atomic E-state index is 10.5. The summed E-state index contributed by atoms with van der Waals surface area (Å²) in [4.78, 5) is 10.7. The van der Waals surface area contributed by atoms with E-state index in [1.54, 1.807) is 6.92 Å². The summed E-state index contributed by atoms with van der Waals surface area (Å²) in [6, 6.07) is 0. The van der Waals surface area contributed by atoms with Crippen molar-refractivity contribution in [2.75, 3.05) is 0 Å². The molecule has 0 spiro atoms. The molecule has 0 aromatic carbocycles. The second-order valence-electron chi connectivity index (χ2n) is 1.89. The van der Waals surface area contributed by atoms with Crippen LogP contribution in [-0.4, -0.2) is 19.3 Å². The number of hydrogen-bond donors (Lipinski definition) is 0. The third-order valence-corrected chi connectivity index (χ3v) is 4.45. The van der Waals surface area contributed by atoms with E-state index < -0.39 is 0 Å². The van der Waals surface area contributed by atoms with Crippen LogP contribution >= 0.6 is 21.7 Å². The SMILES string of the molecule is CC([Se]Cl)C(C)C(=O)Cl. The van der Waals surface area contributed by atoms with E-state index in [9.17, 15) is 4.79 Å². The quantitative estimate of drug-likeness (QED) is 0.539. The molecule has 54 valence electrons. The van der Waals surface area contributed by atoms with Gasteiger partial charge in [0.1, 0.15) is 0 Å². The standard InChI is InChI=1S/C5H8Cl2OSe/c1-3(5(6)8)4(2)9-7/h3-4H,1-2H3. The molecular weight excluding hydrogens is 226 g/mol. The van der Waals surface area contributed by atoms with Crippen LogP contribution in [0, 0.1) is 5.92 Å². The summed E-state index contributed by atoms with van der Waals surface area (Å²) >= 11 is 5.22. The Morgan fingerprint density at radius 1 is 1.56 bits per heavy atom. The minimum absolute atomic E-state index is 0.00394. The molecular formula is C5H8Cl2OSe. The van der Waals surface area contributed by atoms with Gasteiger partial charge >= 0.3 is 70.4 Å². The third-order valence-electron chi connectivity index (χ3n) is 1.20. The van der Waals surface area contributed by atoms with Crippen LogP contribution in [0.5, 0.6) is 0 Å².